The van der Waals surface area contributed by atoms with E-state index in [2.05, 4.69) is 4.98 Å². The van der Waals surface area contributed by atoms with Crippen LogP contribution >= 0.6 is 0 Å². The summed E-state index contributed by atoms with van der Waals surface area (Å²) >= 11 is 0. The Balaban J connectivity index is 2.93. The van der Waals surface area contributed by atoms with Gasteiger partial charge in [0.2, 0.25) is 0 Å². The summed E-state index contributed by atoms with van der Waals surface area (Å²) in [5.74, 6) is -0.816. The van der Waals surface area contributed by atoms with E-state index in [4.69, 9.17) is 5.11 Å². The normalized spacial score (nSPS) is 9.83. The van der Waals surface area contributed by atoms with Crippen LogP contribution in [0.5, 0.6) is 0 Å². The highest BCUT2D eigenvalue weighted by molar-refractivity contribution is 5.70. The molecule has 1 aromatic heterocycles. The van der Waals surface area contributed by atoms with Crippen molar-refractivity contribution in [2.75, 3.05) is 0 Å². The lowest BCUT2D eigenvalue weighted by Crippen LogP contribution is -2.02. The minimum atomic E-state index is -0.816. The van der Waals surface area contributed by atoms with Crippen LogP contribution in [-0.2, 0) is 11.2 Å². The molecule has 1 N–H and O–H groups in total. The number of carboxylic acid groups (broad SMARTS) is 1. The molecular formula is C9H11NO2. The molecule has 12 heavy (non-hydrogen) atoms. The van der Waals surface area contributed by atoms with Gasteiger partial charge in [-0.3, -0.25) is 9.78 Å². The van der Waals surface area contributed by atoms with Gasteiger partial charge in [0.05, 0.1) is 6.42 Å². The molecule has 0 aliphatic rings. The fourth-order valence-corrected chi connectivity index (χ4v) is 1.07. The summed E-state index contributed by atoms with van der Waals surface area (Å²) in [5, 5.41) is 8.53. The number of carboxylic acids is 1. The van der Waals surface area contributed by atoms with Crippen LogP contribution in [0.15, 0.2) is 12.3 Å². The van der Waals surface area contributed by atoms with Crippen molar-refractivity contribution in [1.29, 1.82) is 0 Å². The number of aromatic nitrogens is 1. The van der Waals surface area contributed by atoms with Gasteiger partial charge < -0.3 is 5.11 Å². The van der Waals surface area contributed by atoms with Crippen molar-refractivity contribution in [1.82, 2.24) is 4.98 Å². The summed E-state index contributed by atoms with van der Waals surface area (Å²) in [6.45, 7) is 3.78. The molecule has 0 saturated carbocycles. The number of hydrogen-bond acceptors (Lipinski definition) is 2. The number of hydrogen-bond donors (Lipinski definition) is 1. The highest BCUT2D eigenvalue weighted by Crippen LogP contribution is 2.08. The first-order valence-corrected chi connectivity index (χ1v) is 3.73. The van der Waals surface area contributed by atoms with Crippen molar-refractivity contribution in [2.24, 2.45) is 0 Å². The Labute approximate surface area is 71.1 Å². The summed E-state index contributed by atoms with van der Waals surface area (Å²) in [5.41, 5.74) is 2.69. The van der Waals surface area contributed by atoms with Gasteiger partial charge in [-0.15, -0.1) is 0 Å². The number of aliphatic carboxylic acids is 1. The molecule has 1 rings (SSSR count). The number of pyridine rings is 1. The largest absolute Gasteiger partial charge is 0.481 e. The Morgan fingerprint density at radius 2 is 2.25 bits per heavy atom. The average molecular weight is 165 g/mol. The molecule has 0 saturated heterocycles. The molecule has 0 aliphatic heterocycles. The monoisotopic (exact) mass is 165 g/mol. The van der Waals surface area contributed by atoms with Crippen LogP contribution in [0.25, 0.3) is 0 Å². The Kier molecular flexibility index (Phi) is 2.43. The zero-order chi connectivity index (χ0) is 9.14. The van der Waals surface area contributed by atoms with E-state index in [0.29, 0.717) is 0 Å². The standard InChI is InChI=1S/C9H11NO2/c1-6-3-7(2)10-5-8(6)4-9(11)12/h3,5H,4H2,1-2H3,(H,11,12). The molecule has 0 radical (unpaired) electrons. The predicted octanol–water partition coefficient (Wildman–Crippen LogP) is 1.33. The maximum absolute atomic E-state index is 10.4. The zero-order valence-electron chi connectivity index (χ0n) is 7.16. The van der Waals surface area contributed by atoms with Gasteiger partial charge in [-0.2, -0.15) is 0 Å². The van der Waals surface area contributed by atoms with Gasteiger partial charge in [0, 0.05) is 11.9 Å². The fraction of sp³-hybridized carbons (Fsp3) is 0.333. The van der Waals surface area contributed by atoms with E-state index in [-0.39, 0.29) is 6.42 Å². The highest BCUT2D eigenvalue weighted by Gasteiger charge is 2.03. The van der Waals surface area contributed by atoms with Crippen LogP contribution in [0.2, 0.25) is 0 Å². The Morgan fingerprint density at radius 3 is 2.75 bits per heavy atom. The lowest BCUT2D eigenvalue weighted by Gasteiger charge is -2.02. The summed E-state index contributed by atoms with van der Waals surface area (Å²) in [4.78, 5) is 14.4. The second-order valence-electron chi connectivity index (χ2n) is 2.82. The molecule has 3 nitrogen and oxygen atoms in total. The first-order chi connectivity index (χ1) is 5.59. The van der Waals surface area contributed by atoms with Crippen molar-refractivity contribution >= 4 is 5.97 Å². The molecule has 1 heterocycles. The Bertz CT molecular complexity index is 307. The van der Waals surface area contributed by atoms with Crippen molar-refractivity contribution < 1.29 is 9.90 Å². The summed E-state index contributed by atoms with van der Waals surface area (Å²) in [7, 11) is 0. The lowest BCUT2D eigenvalue weighted by molar-refractivity contribution is -0.136. The van der Waals surface area contributed by atoms with E-state index in [1.165, 1.54) is 0 Å². The van der Waals surface area contributed by atoms with Crippen LogP contribution in [0.4, 0.5) is 0 Å². The van der Waals surface area contributed by atoms with Gasteiger partial charge in [0.25, 0.3) is 0 Å². The van der Waals surface area contributed by atoms with E-state index in [1.807, 2.05) is 19.9 Å². The molecule has 0 aromatic carbocycles. The lowest BCUT2D eigenvalue weighted by atomic mass is 10.1. The quantitative estimate of drug-likeness (QED) is 0.719. The van der Waals surface area contributed by atoms with E-state index in [1.54, 1.807) is 6.20 Å². The molecule has 1 aromatic rings. The maximum atomic E-state index is 10.4. The van der Waals surface area contributed by atoms with Crippen LogP contribution in [0.3, 0.4) is 0 Å². The molecule has 0 unspecified atom stereocenters. The number of rotatable bonds is 2. The third-order valence-electron chi connectivity index (χ3n) is 1.70. The average Bonchev–Trinajstić information content (AvgIpc) is 1.94. The molecule has 0 fully saturated rings. The van der Waals surface area contributed by atoms with Crippen LogP contribution in [0.1, 0.15) is 16.8 Å². The molecular weight excluding hydrogens is 154 g/mol. The summed E-state index contributed by atoms with van der Waals surface area (Å²) in [6, 6.07) is 1.89. The Hall–Kier alpha value is -1.38. The van der Waals surface area contributed by atoms with Gasteiger partial charge in [0.15, 0.2) is 0 Å². The molecule has 0 aliphatic carbocycles. The van der Waals surface area contributed by atoms with Crippen LogP contribution in [0, 0.1) is 13.8 Å². The second kappa shape index (κ2) is 3.34. The highest BCUT2D eigenvalue weighted by atomic mass is 16.4. The molecule has 3 heteroatoms. The summed E-state index contributed by atoms with van der Waals surface area (Å²) < 4.78 is 0. The van der Waals surface area contributed by atoms with Crippen molar-refractivity contribution in [3.8, 4) is 0 Å². The van der Waals surface area contributed by atoms with Gasteiger partial charge in [-0.25, -0.2) is 0 Å². The number of aryl methyl sites for hydroxylation is 2. The minimum absolute atomic E-state index is 0.0547. The molecule has 0 spiro atoms. The first-order valence-electron chi connectivity index (χ1n) is 3.73. The summed E-state index contributed by atoms with van der Waals surface area (Å²) in [6.07, 6.45) is 1.68. The molecule has 0 amide bonds. The third-order valence-corrected chi connectivity index (χ3v) is 1.70. The van der Waals surface area contributed by atoms with E-state index in [0.717, 1.165) is 16.8 Å². The van der Waals surface area contributed by atoms with Gasteiger partial charge in [-0.05, 0) is 31.0 Å². The van der Waals surface area contributed by atoms with Gasteiger partial charge >= 0.3 is 5.97 Å². The number of nitrogens with zero attached hydrogens (tertiary/aromatic N) is 1. The first kappa shape index (κ1) is 8.71. The smallest absolute Gasteiger partial charge is 0.307 e. The maximum Gasteiger partial charge on any atom is 0.307 e. The van der Waals surface area contributed by atoms with E-state index in [9.17, 15) is 4.79 Å². The van der Waals surface area contributed by atoms with E-state index < -0.39 is 5.97 Å². The SMILES string of the molecule is Cc1cc(C)c(CC(=O)O)cn1. The van der Waals surface area contributed by atoms with Gasteiger partial charge in [-0.1, -0.05) is 0 Å². The van der Waals surface area contributed by atoms with Crippen molar-refractivity contribution in [3.05, 3.63) is 29.1 Å². The van der Waals surface area contributed by atoms with Gasteiger partial charge in [0.1, 0.15) is 0 Å². The topological polar surface area (TPSA) is 50.2 Å². The molecule has 0 bridgehead atoms. The second-order valence-corrected chi connectivity index (χ2v) is 2.82. The predicted molar refractivity (Wildman–Crippen MR) is 45.1 cm³/mol. The molecule has 64 valence electrons. The van der Waals surface area contributed by atoms with Crippen molar-refractivity contribution in [2.45, 2.75) is 20.3 Å². The van der Waals surface area contributed by atoms with Crippen LogP contribution in [-0.4, -0.2) is 16.1 Å². The molecule has 0 atom stereocenters. The zero-order valence-corrected chi connectivity index (χ0v) is 7.16. The Morgan fingerprint density at radius 1 is 1.58 bits per heavy atom. The van der Waals surface area contributed by atoms with Crippen molar-refractivity contribution in [3.63, 3.8) is 0 Å². The minimum Gasteiger partial charge on any atom is -0.481 e. The number of carbonyl (C=O) groups is 1. The van der Waals surface area contributed by atoms with E-state index >= 15 is 0 Å². The third kappa shape index (κ3) is 2.05. The van der Waals surface area contributed by atoms with Crippen LogP contribution < -0.4 is 0 Å². The fourth-order valence-electron chi connectivity index (χ4n) is 1.07.